The summed E-state index contributed by atoms with van der Waals surface area (Å²) in [6.45, 7) is 8.13. The number of carbonyl (C=O) groups excluding carboxylic acids is 1. The van der Waals surface area contributed by atoms with E-state index in [-0.39, 0.29) is 23.9 Å². The highest BCUT2D eigenvalue weighted by molar-refractivity contribution is 5.94. The summed E-state index contributed by atoms with van der Waals surface area (Å²) in [6.07, 6.45) is 0.531. The minimum atomic E-state index is -0.296. The Morgan fingerprint density at radius 1 is 1.48 bits per heavy atom. The summed E-state index contributed by atoms with van der Waals surface area (Å²) in [5.41, 5.74) is 0.992. The van der Waals surface area contributed by atoms with Crippen LogP contribution in [0.1, 0.15) is 36.2 Å². The number of nitrogens with zero attached hydrogens (tertiary/aromatic N) is 2. The van der Waals surface area contributed by atoms with Gasteiger partial charge in [-0.1, -0.05) is 13.8 Å². The first kappa shape index (κ1) is 17.9. The Labute approximate surface area is 137 Å². The first-order chi connectivity index (χ1) is 10.8. The lowest BCUT2D eigenvalue weighted by molar-refractivity contribution is 0.0633. The van der Waals surface area contributed by atoms with E-state index < -0.39 is 0 Å². The summed E-state index contributed by atoms with van der Waals surface area (Å²) in [5.74, 6) is -0.0922. The van der Waals surface area contributed by atoms with Crippen molar-refractivity contribution >= 4 is 5.91 Å². The molecule has 1 saturated heterocycles. The van der Waals surface area contributed by atoms with E-state index in [0.29, 0.717) is 23.6 Å². The summed E-state index contributed by atoms with van der Waals surface area (Å²) in [4.78, 5) is 16.7. The van der Waals surface area contributed by atoms with Gasteiger partial charge in [-0.3, -0.25) is 9.69 Å². The van der Waals surface area contributed by atoms with Crippen LogP contribution in [0.4, 0.5) is 4.39 Å². The molecule has 2 atom stereocenters. The number of carbonyl (C=O) groups is 1. The van der Waals surface area contributed by atoms with E-state index in [9.17, 15) is 14.3 Å². The van der Waals surface area contributed by atoms with Crippen molar-refractivity contribution in [2.24, 2.45) is 5.92 Å². The molecule has 0 bridgehead atoms. The average molecular weight is 322 g/mol. The fourth-order valence-electron chi connectivity index (χ4n) is 3.16. The first-order valence-corrected chi connectivity index (χ1v) is 8.23. The second kappa shape index (κ2) is 7.41. The average Bonchev–Trinajstić information content (AvgIpc) is 2.91. The summed E-state index contributed by atoms with van der Waals surface area (Å²) in [6, 6.07) is 4.54. The van der Waals surface area contributed by atoms with Crippen LogP contribution in [0.25, 0.3) is 0 Å². The van der Waals surface area contributed by atoms with E-state index in [1.807, 2.05) is 0 Å². The largest absolute Gasteiger partial charge is 0.392 e. The molecule has 1 heterocycles. The van der Waals surface area contributed by atoms with Crippen LogP contribution in [-0.2, 0) is 0 Å². The number of likely N-dealkylation sites (tertiary alicyclic amines) is 1. The highest BCUT2D eigenvalue weighted by atomic mass is 19.1. The van der Waals surface area contributed by atoms with Gasteiger partial charge in [0.05, 0.1) is 6.10 Å². The Balaban J connectivity index is 2.11. The van der Waals surface area contributed by atoms with Crippen LogP contribution in [0.15, 0.2) is 18.2 Å². The third kappa shape index (κ3) is 4.30. The molecule has 23 heavy (non-hydrogen) atoms. The normalized spacial score (nSPS) is 20.0. The quantitative estimate of drug-likeness (QED) is 0.904. The highest BCUT2D eigenvalue weighted by Gasteiger charge is 2.29. The van der Waals surface area contributed by atoms with Crippen LogP contribution in [-0.4, -0.2) is 59.6 Å². The Morgan fingerprint density at radius 2 is 2.17 bits per heavy atom. The number of hydrogen-bond donors (Lipinski definition) is 1. The molecule has 1 aliphatic heterocycles. The fraction of sp³-hybridized carbons (Fsp3) is 0.611. The van der Waals surface area contributed by atoms with Gasteiger partial charge in [-0.05, 0) is 43.0 Å². The van der Waals surface area contributed by atoms with E-state index >= 15 is 0 Å². The van der Waals surface area contributed by atoms with Gasteiger partial charge in [0.25, 0.3) is 5.91 Å². The predicted octanol–water partition coefficient (Wildman–Crippen LogP) is 2.30. The molecule has 0 aliphatic carbocycles. The predicted molar refractivity (Wildman–Crippen MR) is 88.9 cm³/mol. The van der Waals surface area contributed by atoms with Crippen LogP contribution in [0, 0.1) is 18.7 Å². The number of rotatable bonds is 5. The molecule has 0 spiro atoms. The molecular formula is C18H27FN2O2. The van der Waals surface area contributed by atoms with Crippen molar-refractivity contribution in [2.75, 3.05) is 26.7 Å². The zero-order valence-electron chi connectivity index (χ0n) is 14.4. The second-order valence-corrected chi connectivity index (χ2v) is 6.89. The lowest BCUT2D eigenvalue weighted by Crippen LogP contribution is -2.47. The van der Waals surface area contributed by atoms with E-state index in [1.165, 1.54) is 12.1 Å². The molecule has 1 aromatic rings. The minimum Gasteiger partial charge on any atom is -0.392 e. The van der Waals surface area contributed by atoms with Gasteiger partial charge in [0.15, 0.2) is 0 Å². The van der Waals surface area contributed by atoms with Crippen molar-refractivity contribution in [1.82, 2.24) is 9.80 Å². The number of hydrogen-bond acceptors (Lipinski definition) is 3. The van der Waals surface area contributed by atoms with Gasteiger partial charge in [0.2, 0.25) is 0 Å². The molecule has 2 rings (SSSR count). The molecule has 1 amide bonds. The molecule has 1 N–H and O–H groups in total. The zero-order chi connectivity index (χ0) is 17.1. The summed E-state index contributed by atoms with van der Waals surface area (Å²) in [5, 5.41) is 9.68. The number of halogens is 1. The number of benzene rings is 1. The number of aryl methyl sites for hydroxylation is 1. The van der Waals surface area contributed by atoms with Gasteiger partial charge in [-0.2, -0.15) is 0 Å². The van der Waals surface area contributed by atoms with E-state index in [0.717, 1.165) is 19.5 Å². The van der Waals surface area contributed by atoms with Crippen molar-refractivity contribution in [1.29, 1.82) is 0 Å². The maximum Gasteiger partial charge on any atom is 0.253 e. The van der Waals surface area contributed by atoms with Crippen LogP contribution >= 0.6 is 0 Å². The van der Waals surface area contributed by atoms with Gasteiger partial charge < -0.3 is 10.0 Å². The van der Waals surface area contributed by atoms with E-state index in [2.05, 4.69) is 18.7 Å². The van der Waals surface area contributed by atoms with Crippen LogP contribution in [0.2, 0.25) is 0 Å². The van der Waals surface area contributed by atoms with Crippen molar-refractivity contribution < 1.29 is 14.3 Å². The Hall–Kier alpha value is -1.46. The Bertz CT molecular complexity index is 562. The second-order valence-electron chi connectivity index (χ2n) is 6.89. The molecule has 5 heteroatoms. The van der Waals surface area contributed by atoms with Gasteiger partial charge in [0, 0.05) is 38.3 Å². The smallest absolute Gasteiger partial charge is 0.253 e. The third-order valence-corrected chi connectivity index (χ3v) is 4.69. The van der Waals surface area contributed by atoms with Gasteiger partial charge in [-0.15, -0.1) is 0 Å². The summed E-state index contributed by atoms with van der Waals surface area (Å²) >= 11 is 0. The van der Waals surface area contributed by atoms with Crippen molar-refractivity contribution in [3.8, 4) is 0 Å². The maximum atomic E-state index is 13.4. The molecule has 1 fully saturated rings. The number of amides is 1. The molecular weight excluding hydrogens is 295 g/mol. The Kier molecular flexibility index (Phi) is 5.76. The number of aliphatic hydroxyl groups is 1. The molecule has 4 nitrogen and oxygen atoms in total. The standard InChI is InChI=1S/C18H27FN2O2/c1-12(2)17(11-21-8-7-15(22)10-21)20(4)18(23)14-5-6-16(19)13(3)9-14/h5-6,9,12,15,17,22H,7-8,10-11H2,1-4H3/t15-,17-/m1/s1. The van der Waals surface area contributed by atoms with Crippen LogP contribution in [0.3, 0.4) is 0 Å². The minimum absolute atomic E-state index is 0.0539. The number of likely N-dealkylation sites (N-methyl/N-ethyl adjacent to an activating group) is 1. The molecule has 0 aromatic heterocycles. The molecule has 1 aromatic carbocycles. The summed E-state index contributed by atoms with van der Waals surface area (Å²) < 4.78 is 13.4. The Morgan fingerprint density at radius 3 is 2.70 bits per heavy atom. The van der Waals surface area contributed by atoms with Crippen molar-refractivity contribution in [3.05, 3.63) is 35.1 Å². The molecule has 0 unspecified atom stereocenters. The summed E-state index contributed by atoms with van der Waals surface area (Å²) in [7, 11) is 1.80. The first-order valence-electron chi connectivity index (χ1n) is 8.23. The van der Waals surface area contributed by atoms with Crippen molar-refractivity contribution in [2.45, 2.75) is 39.3 Å². The SMILES string of the molecule is Cc1cc(C(=O)N(C)[C@H](CN2CC[C@@H](O)C2)C(C)C)ccc1F. The zero-order valence-corrected chi connectivity index (χ0v) is 14.4. The lowest BCUT2D eigenvalue weighted by Gasteiger charge is -2.34. The van der Waals surface area contributed by atoms with E-state index in [1.54, 1.807) is 24.9 Å². The van der Waals surface area contributed by atoms with E-state index in [4.69, 9.17) is 0 Å². The maximum absolute atomic E-state index is 13.4. The van der Waals surface area contributed by atoms with Crippen LogP contribution in [0.5, 0.6) is 0 Å². The number of aliphatic hydroxyl groups excluding tert-OH is 1. The molecule has 0 saturated carbocycles. The highest BCUT2D eigenvalue weighted by Crippen LogP contribution is 2.19. The monoisotopic (exact) mass is 322 g/mol. The fourth-order valence-corrected chi connectivity index (χ4v) is 3.16. The molecule has 0 radical (unpaired) electrons. The third-order valence-electron chi connectivity index (χ3n) is 4.69. The van der Waals surface area contributed by atoms with Gasteiger partial charge in [-0.25, -0.2) is 4.39 Å². The topological polar surface area (TPSA) is 43.8 Å². The molecule has 128 valence electrons. The van der Waals surface area contributed by atoms with Gasteiger partial charge in [0.1, 0.15) is 5.82 Å². The van der Waals surface area contributed by atoms with Crippen LogP contribution < -0.4 is 0 Å². The molecule has 1 aliphatic rings. The van der Waals surface area contributed by atoms with Gasteiger partial charge >= 0.3 is 0 Å². The lowest BCUT2D eigenvalue weighted by atomic mass is 10.0. The van der Waals surface area contributed by atoms with Crippen molar-refractivity contribution in [3.63, 3.8) is 0 Å². The number of β-amino-alcohol motifs (C(OH)–C–C–N with tert-alkyl or cyclic N) is 1.